The molecule has 0 N–H and O–H groups in total. The number of aryl methyl sites for hydroxylation is 3. The molecule has 1 aromatic heterocycles. The van der Waals surface area contributed by atoms with E-state index in [1.165, 1.54) is 41.7 Å². The van der Waals surface area contributed by atoms with E-state index in [0.717, 1.165) is 46.5 Å². The van der Waals surface area contributed by atoms with E-state index < -0.39 is 20.0 Å². The van der Waals surface area contributed by atoms with E-state index in [-0.39, 0.29) is 20.5 Å². The van der Waals surface area contributed by atoms with Gasteiger partial charge in [-0.2, -0.15) is 3.71 Å². The van der Waals surface area contributed by atoms with E-state index in [1.54, 1.807) is 30.3 Å². The first kappa shape index (κ1) is 26.6. The van der Waals surface area contributed by atoms with Crippen LogP contribution < -0.4 is 3.71 Å². The van der Waals surface area contributed by atoms with Gasteiger partial charge in [0.15, 0.2) is 0 Å². The fraction of sp³-hybridized carbons (Fsp3) is 0.269. The first-order chi connectivity index (χ1) is 17.1. The highest BCUT2D eigenvalue weighted by Gasteiger charge is 2.38. The van der Waals surface area contributed by atoms with Crippen molar-refractivity contribution in [3.63, 3.8) is 0 Å². The van der Waals surface area contributed by atoms with Gasteiger partial charge in [-0.05, 0) is 67.3 Å². The Kier molecular flexibility index (Phi) is 7.75. The summed E-state index contributed by atoms with van der Waals surface area (Å²) >= 11 is 8.04. The zero-order valence-electron chi connectivity index (χ0n) is 20.2. The highest BCUT2D eigenvalue weighted by atomic mass is 35.5. The Balaban J connectivity index is 1.93. The molecule has 0 bridgehead atoms. The van der Waals surface area contributed by atoms with Gasteiger partial charge in [-0.15, -0.1) is 11.3 Å². The second kappa shape index (κ2) is 10.5. The van der Waals surface area contributed by atoms with Crippen molar-refractivity contribution in [3.05, 3.63) is 81.8 Å². The first-order valence-electron chi connectivity index (χ1n) is 11.6. The maximum atomic E-state index is 14.0. The summed E-state index contributed by atoms with van der Waals surface area (Å²) in [5.74, 6) is 0. The summed E-state index contributed by atoms with van der Waals surface area (Å²) in [6.45, 7) is 5.87. The molecule has 3 aromatic carbocycles. The van der Waals surface area contributed by atoms with E-state index in [1.807, 2.05) is 20.8 Å². The average molecular weight is 563 g/mol. The second-order valence-corrected chi connectivity index (χ2v) is 13.9. The highest BCUT2D eigenvalue weighted by molar-refractivity contribution is 8.10. The number of rotatable bonds is 9. The summed E-state index contributed by atoms with van der Waals surface area (Å²) < 4.78 is 57.0. The number of fused-ring (bicyclic) bond motifs is 1. The molecule has 0 aliphatic carbocycles. The van der Waals surface area contributed by atoms with Crippen LogP contribution in [-0.2, 0) is 32.9 Å². The number of nitrogens with zero attached hydrogens (tertiary/aromatic N) is 2. The van der Waals surface area contributed by atoms with Crippen LogP contribution in [0, 0.1) is 6.92 Å². The van der Waals surface area contributed by atoms with Crippen molar-refractivity contribution in [3.8, 4) is 0 Å². The van der Waals surface area contributed by atoms with Gasteiger partial charge >= 0.3 is 0 Å². The van der Waals surface area contributed by atoms with Crippen molar-refractivity contribution in [2.75, 3.05) is 3.71 Å². The van der Waals surface area contributed by atoms with Crippen molar-refractivity contribution in [1.29, 1.82) is 0 Å². The monoisotopic (exact) mass is 562 g/mol. The molecule has 10 heteroatoms. The van der Waals surface area contributed by atoms with Gasteiger partial charge in [0.2, 0.25) is 0 Å². The number of anilines is 1. The van der Waals surface area contributed by atoms with E-state index in [9.17, 15) is 16.8 Å². The Hall–Kier alpha value is -2.46. The summed E-state index contributed by atoms with van der Waals surface area (Å²) in [5.41, 5.74) is 2.14. The molecule has 0 radical (unpaired) electrons. The lowest BCUT2D eigenvalue weighted by atomic mass is 10.1. The third-order valence-electron chi connectivity index (χ3n) is 5.74. The van der Waals surface area contributed by atoms with E-state index in [4.69, 9.17) is 11.6 Å². The van der Waals surface area contributed by atoms with Crippen LogP contribution in [-0.4, -0.2) is 21.8 Å². The Labute approximate surface area is 221 Å². The molecule has 0 aliphatic heterocycles. The first-order valence-corrected chi connectivity index (χ1v) is 15.7. The minimum atomic E-state index is -4.56. The van der Waals surface area contributed by atoms with Crippen molar-refractivity contribution < 1.29 is 16.8 Å². The number of benzene rings is 3. The minimum Gasteiger partial charge on any atom is -0.240 e. The number of hydrogen-bond donors (Lipinski definition) is 0. The zero-order valence-corrected chi connectivity index (χ0v) is 23.4. The SMILES string of the molecule is CCCc1ccc(S(=O)(=O)N(c2ccc3sc(C)nc3c2Cl)S(=O)(=O)c2ccc(CCC)cc2)cc1. The highest BCUT2D eigenvalue weighted by Crippen LogP contribution is 2.40. The zero-order chi connectivity index (χ0) is 26.1. The van der Waals surface area contributed by atoms with Crippen LogP contribution in [0.5, 0.6) is 0 Å². The number of halogens is 1. The fourth-order valence-electron chi connectivity index (χ4n) is 4.02. The molecule has 36 heavy (non-hydrogen) atoms. The largest absolute Gasteiger partial charge is 0.277 e. The number of aromatic nitrogens is 1. The Morgan fingerprint density at radius 1 is 0.778 bits per heavy atom. The normalized spacial score (nSPS) is 12.2. The van der Waals surface area contributed by atoms with Crippen molar-refractivity contribution >= 4 is 58.9 Å². The molecule has 0 fully saturated rings. The summed E-state index contributed by atoms with van der Waals surface area (Å²) in [6.07, 6.45) is 3.39. The molecule has 6 nitrogen and oxygen atoms in total. The third-order valence-corrected chi connectivity index (χ3v) is 11.2. The number of sulfonamides is 2. The van der Waals surface area contributed by atoms with Crippen LogP contribution in [0.25, 0.3) is 10.2 Å². The van der Waals surface area contributed by atoms with E-state index in [2.05, 4.69) is 4.98 Å². The second-order valence-electron chi connectivity index (χ2n) is 8.47. The predicted octanol–water partition coefficient (Wildman–Crippen LogP) is 6.75. The number of thiazole rings is 1. The summed E-state index contributed by atoms with van der Waals surface area (Å²) in [5, 5.41) is 0.702. The average Bonchev–Trinajstić information content (AvgIpc) is 3.23. The fourth-order valence-corrected chi connectivity index (χ4v) is 9.01. The van der Waals surface area contributed by atoms with Crippen LogP contribution in [0.3, 0.4) is 0 Å². The van der Waals surface area contributed by atoms with Crippen LogP contribution in [0.4, 0.5) is 5.69 Å². The molecule has 0 saturated carbocycles. The van der Waals surface area contributed by atoms with Crippen LogP contribution >= 0.6 is 22.9 Å². The molecule has 4 aromatic rings. The Morgan fingerprint density at radius 2 is 1.25 bits per heavy atom. The van der Waals surface area contributed by atoms with E-state index in [0.29, 0.717) is 9.23 Å². The Morgan fingerprint density at radius 3 is 1.69 bits per heavy atom. The lowest BCUT2D eigenvalue weighted by Gasteiger charge is -2.25. The van der Waals surface area contributed by atoms with Crippen LogP contribution in [0.15, 0.2) is 70.5 Å². The standard InChI is InChI=1S/C26H27ClN2O4S3/c1-4-6-19-8-12-21(13-9-19)35(30,31)29(23-16-17-24-26(25(23)27)28-18(3)34-24)36(32,33)22-14-10-20(7-5-2)11-15-22/h8-17H,4-7H2,1-3H3. The minimum absolute atomic E-state index is 0.0331. The lowest BCUT2D eigenvalue weighted by molar-refractivity contribution is 0.584. The van der Waals surface area contributed by atoms with Gasteiger partial charge in [0.05, 0.1) is 30.2 Å². The van der Waals surface area contributed by atoms with Crippen molar-refractivity contribution in [1.82, 2.24) is 4.98 Å². The third kappa shape index (κ3) is 5.02. The summed E-state index contributed by atoms with van der Waals surface area (Å²) in [7, 11) is -9.12. The van der Waals surface area contributed by atoms with Gasteiger partial charge in [-0.3, -0.25) is 0 Å². The maximum absolute atomic E-state index is 14.0. The van der Waals surface area contributed by atoms with Gasteiger partial charge < -0.3 is 0 Å². The van der Waals surface area contributed by atoms with Gasteiger partial charge in [-0.25, -0.2) is 21.8 Å². The summed E-state index contributed by atoms with van der Waals surface area (Å²) in [4.78, 5) is 4.12. The molecule has 4 rings (SSSR count). The van der Waals surface area contributed by atoms with Gasteiger partial charge in [0.1, 0.15) is 5.52 Å². The lowest BCUT2D eigenvalue weighted by Crippen LogP contribution is -2.37. The molecular formula is C26H27ClN2O4S3. The van der Waals surface area contributed by atoms with Crippen LogP contribution in [0.2, 0.25) is 5.02 Å². The quantitative estimate of drug-likeness (QED) is 0.225. The smallest absolute Gasteiger partial charge is 0.240 e. The summed E-state index contributed by atoms with van der Waals surface area (Å²) in [6, 6.07) is 15.6. The molecule has 0 amide bonds. The molecule has 0 aliphatic rings. The molecule has 0 atom stereocenters. The molecule has 0 saturated heterocycles. The van der Waals surface area contributed by atoms with Crippen molar-refractivity contribution in [2.45, 2.75) is 56.2 Å². The van der Waals surface area contributed by atoms with E-state index >= 15 is 0 Å². The molecule has 0 spiro atoms. The van der Waals surface area contributed by atoms with Crippen molar-refractivity contribution in [2.24, 2.45) is 0 Å². The predicted molar refractivity (Wildman–Crippen MR) is 147 cm³/mol. The van der Waals surface area contributed by atoms with Crippen LogP contribution in [0.1, 0.15) is 42.8 Å². The molecular weight excluding hydrogens is 536 g/mol. The van der Waals surface area contributed by atoms with Gasteiger partial charge in [-0.1, -0.05) is 62.6 Å². The molecule has 0 unspecified atom stereocenters. The molecule has 190 valence electrons. The number of hydrogen-bond acceptors (Lipinski definition) is 6. The van der Waals surface area contributed by atoms with Gasteiger partial charge in [0, 0.05) is 0 Å². The topological polar surface area (TPSA) is 84.4 Å². The molecule has 1 heterocycles. The Bertz CT molecular complexity index is 1520. The van der Waals surface area contributed by atoms with Gasteiger partial charge in [0.25, 0.3) is 20.0 Å². The maximum Gasteiger partial charge on any atom is 0.277 e.